The summed E-state index contributed by atoms with van der Waals surface area (Å²) in [5.41, 5.74) is 14.2. The molecule has 0 amide bonds. The summed E-state index contributed by atoms with van der Waals surface area (Å²) >= 11 is 0. The quantitative estimate of drug-likeness (QED) is 0.143. The minimum atomic E-state index is -0.496. The topological polar surface area (TPSA) is 67.3 Å². The molecule has 11 rings (SSSR count). The van der Waals surface area contributed by atoms with Crippen LogP contribution in [-0.2, 0) is 0 Å². The normalized spacial score (nSPS) is 17.7. The fourth-order valence-electron chi connectivity index (χ4n) is 8.65. The Kier molecular flexibility index (Phi) is 8.89. The Balaban J connectivity index is 0.995. The number of para-hydroxylation sites is 6. The molecule has 8 aromatic rings. The Hall–Kier alpha value is -7.90. The number of nitrogens with one attached hydrogen (secondary N) is 3. The maximum absolute atomic E-state index is 5.40. The number of anilines is 6. The van der Waals surface area contributed by atoms with Crippen molar-refractivity contribution < 1.29 is 0 Å². The molecular formula is C53H41N7. The molecular weight excluding hydrogens is 735 g/mol. The van der Waals surface area contributed by atoms with Gasteiger partial charge in [0.15, 0.2) is 6.17 Å². The van der Waals surface area contributed by atoms with Crippen molar-refractivity contribution in [3.8, 4) is 11.1 Å². The fourth-order valence-corrected chi connectivity index (χ4v) is 8.65. The molecule has 8 aromatic carbocycles. The SMILES string of the molecule is c1ccc(-c2cccc(C3=NC(c4cccc(C5Nc6ccccc6N5c5ccccc5)c4)N=C(c4cccc(C5Nc6ccccc6N5c5ccccc5)c4)N3)c2)cc1. The van der Waals surface area contributed by atoms with E-state index >= 15 is 0 Å². The number of hydrogen-bond donors (Lipinski definition) is 3. The van der Waals surface area contributed by atoms with Gasteiger partial charge in [-0.25, -0.2) is 9.98 Å². The van der Waals surface area contributed by atoms with Crippen LogP contribution in [0.2, 0.25) is 0 Å². The van der Waals surface area contributed by atoms with Crippen LogP contribution >= 0.6 is 0 Å². The Morgan fingerprint density at radius 1 is 0.350 bits per heavy atom. The second-order valence-corrected chi connectivity index (χ2v) is 15.2. The molecule has 0 saturated carbocycles. The predicted octanol–water partition coefficient (Wildman–Crippen LogP) is 12.4. The standard InChI is InChI=1S/C53H41N7/c1-4-17-36(18-5-1)37-19-14-20-38(33-37)49-56-50(39-21-15-23-41(34-39)52-54-45-29-10-12-31-47(45)59(52)43-25-6-2-7-26-43)58-51(57-49)40-22-16-24-42(35-40)53-55-46-30-11-13-32-48(46)60(53)44-27-8-3-9-28-44/h1-35,50,52-55H,(H,56,57,58). The smallest absolute Gasteiger partial charge is 0.169 e. The summed E-state index contributed by atoms with van der Waals surface area (Å²) in [5, 5.41) is 11.3. The summed E-state index contributed by atoms with van der Waals surface area (Å²) in [6.07, 6.45) is -0.732. The molecule has 3 atom stereocenters. The molecule has 0 aliphatic carbocycles. The van der Waals surface area contributed by atoms with Gasteiger partial charge in [-0.15, -0.1) is 0 Å². The van der Waals surface area contributed by atoms with Crippen LogP contribution in [0.1, 0.15) is 46.3 Å². The van der Waals surface area contributed by atoms with Crippen LogP contribution in [0.4, 0.5) is 34.1 Å². The van der Waals surface area contributed by atoms with Crippen LogP contribution < -0.4 is 25.8 Å². The van der Waals surface area contributed by atoms with E-state index in [9.17, 15) is 0 Å². The summed E-state index contributed by atoms with van der Waals surface area (Å²) < 4.78 is 0. The first-order valence-electron chi connectivity index (χ1n) is 20.4. The van der Waals surface area contributed by atoms with Crippen LogP contribution in [0.5, 0.6) is 0 Å². The van der Waals surface area contributed by atoms with Gasteiger partial charge in [-0.2, -0.15) is 0 Å². The fraction of sp³-hybridized carbons (Fsp3) is 0.0566. The molecule has 0 radical (unpaired) electrons. The number of aliphatic imine (C=N–C) groups is 2. The van der Waals surface area contributed by atoms with E-state index in [0.717, 1.165) is 84.7 Å². The van der Waals surface area contributed by atoms with Crippen LogP contribution in [0.3, 0.4) is 0 Å². The van der Waals surface area contributed by atoms with Gasteiger partial charge in [0.05, 0.1) is 22.7 Å². The van der Waals surface area contributed by atoms with Gasteiger partial charge >= 0.3 is 0 Å². The lowest BCUT2D eigenvalue weighted by Crippen LogP contribution is -2.36. The van der Waals surface area contributed by atoms with Gasteiger partial charge in [0.25, 0.3) is 0 Å². The number of nitrogens with zero attached hydrogens (tertiary/aromatic N) is 4. The minimum Gasteiger partial charge on any atom is -0.359 e. The average Bonchev–Trinajstić information content (AvgIpc) is 3.92. The molecule has 3 N–H and O–H groups in total. The Morgan fingerprint density at radius 3 is 1.38 bits per heavy atom. The van der Waals surface area contributed by atoms with Crippen molar-refractivity contribution in [3.63, 3.8) is 0 Å². The molecule has 0 aromatic heterocycles. The van der Waals surface area contributed by atoms with Gasteiger partial charge < -0.3 is 25.8 Å². The Morgan fingerprint density at radius 2 is 0.783 bits per heavy atom. The highest BCUT2D eigenvalue weighted by Crippen LogP contribution is 2.47. The highest BCUT2D eigenvalue weighted by molar-refractivity contribution is 6.16. The molecule has 3 unspecified atom stereocenters. The summed E-state index contributed by atoms with van der Waals surface area (Å²) in [4.78, 5) is 15.5. The lowest BCUT2D eigenvalue weighted by atomic mass is 10.0. The van der Waals surface area contributed by atoms with Crippen molar-refractivity contribution >= 4 is 45.8 Å². The van der Waals surface area contributed by atoms with E-state index in [2.05, 4.69) is 232 Å². The van der Waals surface area contributed by atoms with Crippen molar-refractivity contribution in [3.05, 3.63) is 240 Å². The number of rotatable bonds is 8. The van der Waals surface area contributed by atoms with Crippen molar-refractivity contribution in [2.45, 2.75) is 18.5 Å². The number of benzene rings is 8. The monoisotopic (exact) mass is 775 g/mol. The molecule has 7 nitrogen and oxygen atoms in total. The number of hydrogen-bond acceptors (Lipinski definition) is 7. The Bertz CT molecular complexity index is 2890. The zero-order valence-electron chi connectivity index (χ0n) is 32.7. The molecule has 0 bridgehead atoms. The molecule has 60 heavy (non-hydrogen) atoms. The lowest BCUT2D eigenvalue weighted by Gasteiger charge is -2.29. The molecule has 288 valence electrons. The molecule has 0 spiro atoms. The van der Waals surface area contributed by atoms with E-state index in [1.54, 1.807) is 0 Å². The van der Waals surface area contributed by atoms with Crippen LogP contribution in [0.15, 0.2) is 222 Å². The first kappa shape index (κ1) is 35.3. The summed E-state index contributed by atoms with van der Waals surface area (Å²) in [6, 6.07) is 74.6. The summed E-state index contributed by atoms with van der Waals surface area (Å²) in [6.45, 7) is 0. The third-order valence-electron chi connectivity index (χ3n) is 11.5. The summed E-state index contributed by atoms with van der Waals surface area (Å²) in [5.74, 6) is 1.54. The van der Waals surface area contributed by atoms with Crippen molar-refractivity contribution in [2.24, 2.45) is 9.98 Å². The van der Waals surface area contributed by atoms with E-state index in [0.29, 0.717) is 0 Å². The van der Waals surface area contributed by atoms with Crippen molar-refractivity contribution in [1.29, 1.82) is 0 Å². The second kappa shape index (κ2) is 15.1. The number of fused-ring (bicyclic) bond motifs is 2. The largest absolute Gasteiger partial charge is 0.359 e. The van der Waals surface area contributed by atoms with Crippen LogP contribution in [0, 0.1) is 0 Å². The van der Waals surface area contributed by atoms with Gasteiger partial charge in [-0.1, -0.05) is 146 Å². The van der Waals surface area contributed by atoms with Crippen LogP contribution in [-0.4, -0.2) is 11.7 Å². The zero-order valence-corrected chi connectivity index (χ0v) is 32.7. The highest BCUT2D eigenvalue weighted by atomic mass is 15.3. The van der Waals surface area contributed by atoms with E-state index in [4.69, 9.17) is 9.98 Å². The van der Waals surface area contributed by atoms with E-state index in [-0.39, 0.29) is 12.3 Å². The second-order valence-electron chi connectivity index (χ2n) is 15.2. The van der Waals surface area contributed by atoms with Crippen molar-refractivity contribution in [2.75, 3.05) is 20.4 Å². The average molecular weight is 776 g/mol. The van der Waals surface area contributed by atoms with E-state index < -0.39 is 6.17 Å². The van der Waals surface area contributed by atoms with Crippen LogP contribution in [0.25, 0.3) is 11.1 Å². The van der Waals surface area contributed by atoms with Gasteiger partial charge in [-0.3, -0.25) is 0 Å². The van der Waals surface area contributed by atoms with Gasteiger partial charge in [0.1, 0.15) is 24.0 Å². The van der Waals surface area contributed by atoms with E-state index in [1.165, 1.54) is 0 Å². The highest BCUT2D eigenvalue weighted by Gasteiger charge is 2.33. The summed E-state index contributed by atoms with van der Waals surface area (Å²) in [7, 11) is 0. The third-order valence-corrected chi connectivity index (χ3v) is 11.5. The Labute approximate surface area is 350 Å². The molecule has 0 fully saturated rings. The molecule has 7 heteroatoms. The molecule has 3 aliphatic heterocycles. The first-order valence-corrected chi connectivity index (χ1v) is 20.4. The zero-order chi connectivity index (χ0) is 39.8. The van der Waals surface area contributed by atoms with Gasteiger partial charge in [-0.05, 0) is 94.5 Å². The predicted molar refractivity (Wildman–Crippen MR) is 246 cm³/mol. The molecule has 0 saturated heterocycles. The maximum atomic E-state index is 5.40. The first-order chi connectivity index (χ1) is 29.7. The molecule has 3 aliphatic rings. The third kappa shape index (κ3) is 6.52. The van der Waals surface area contributed by atoms with E-state index in [1.807, 2.05) is 6.07 Å². The maximum Gasteiger partial charge on any atom is 0.169 e. The van der Waals surface area contributed by atoms with Gasteiger partial charge in [0.2, 0.25) is 0 Å². The lowest BCUT2D eigenvalue weighted by molar-refractivity contribution is 0.747. The minimum absolute atomic E-state index is 0.117. The molecule has 3 heterocycles. The van der Waals surface area contributed by atoms with Crippen molar-refractivity contribution in [1.82, 2.24) is 5.32 Å². The van der Waals surface area contributed by atoms with Gasteiger partial charge in [0, 0.05) is 22.5 Å². The number of amidine groups is 2.